The van der Waals surface area contributed by atoms with Crippen molar-refractivity contribution in [3.05, 3.63) is 54.3 Å². The molecule has 0 bridgehead atoms. The average molecular weight is 416 g/mol. The van der Waals surface area contributed by atoms with Crippen molar-refractivity contribution in [3.63, 3.8) is 0 Å². The Morgan fingerprint density at radius 2 is 1.93 bits per heavy atom. The van der Waals surface area contributed by atoms with Crippen LogP contribution in [0.2, 0.25) is 0 Å². The van der Waals surface area contributed by atoms with E-state index in [0.717, 1.165) is 0 Å². The molecule has 2 aromatic rings. The number of amides is 2. The molecule has 1 heterocycles. The van der Waals surface area contributed by atoms with Gasteiger partial charge in [-0.1, -0.05) is 24.3 Å². The van der Waals surface area contributed by atoms with Crippen molar-refractivity contribution < 1.29 is 18.7 Å². The third kappa shape index (κ3) is 5.00. The molecular formula is C20H21FN4O3S. The Bertz CT molecular complexity index is 924. The predicted octanol–water partition coefficient (Wildman–Crippen LogP) is 2.60. The summed E-state index contributed by atoms with van der Waals surface area (Å²) in [7, 11) is 0. The van der Waals surface area contributed by atoms with E-state index in [-0.39, 0.29) is 35.6 Å². The molecule has 9 heteroatoms. The van der Waals surface area contributed by atoms with Gasteiger partial charge in [0.05, 0.1) is 23.9 Å². The number of carbonyl (C=O) groups is 2. The fourth-order valence-corrected chi connectivity index (χ4v) is 3.17. The largest absolute Gasteiger partial charge is 0.492 e. The van der Waals surface area contributed by atoms with Crippen molar-refractivity contribution in [2.75, 3.05) is 23.4 Å². The van der Waals surface area contributed by atoms with Crippen molar-refractivity contribution in [1.29, 1.82) is 0 Å². The molecule has 1 atom stereocenters. The normalized spacial score (nSPS) is 15.7. The van der Waals surface area contributed by atoms with Crippen LogP contribution in [0, 0.1) is 11.7 Å². The van der Waals surface area contributed by atoms with Crippen molar-refractivity contribution in [1.82, 2.24) is 10.9 Å². The number of hydrazine groups is 1. The van der Waals surface area contributed by atoms with E-state index < -0.39 is 11.7 Å². The Balaban J connectivity index is 1.57. The quantitative estimate of drug-likeness (QED) is 0.513. The van der Waals surface area contributed by atoms with Crippen LogP contribution in [0.15, 0.2) is 48.5 Å². The van der Waals surface area contributed by atoms with Gasteiger partial charge in [-0.05, 0) is 43.4 Å². The van der Waals surface area contributed by atoms with Crippen LogP contribution >= 0.6 is 12.2 Å². The Hall–Kier alpha value is -3.20. The number of benzene rings is 2. The number of halogens is 1. The molecule has 2 amide bonds. The Labute approximate surface area is 173 Å². The molecule has 3 N–H and O–H groups in total. The standard InChI is InChI=1S/C20H21FN4O3S/c1-2-28-17-10-6-5-9-16(17)25-12-13(11-18(25)26)19(27)23-24-20(29)22-15-8-4-3-7-14(15)21/h3-10,13H,2,11-12H2,1H3,(H,23,27)(H2,22,24,29)/t13-/m1/s1. The Morgan fingerprint density at radius 3 is 2.69 bits per heavy atom. The van der Waals surface area contributed by atoms with E-state index in [0.29, 0.717) is 18.0 Å². The molecule has 0 radical (unpaired) electrons. The summed E-state index contributed by atoms with van der Waals surface area (Å²) in [6.45, 7) is 2.56. The molecule has 152 valence electrons. The number of ether oxygens (including phenoxy) is 1. The van der Waals surface area contributed by atoms with Crippen molar-refractivity contribution in [3.8, 4) is 5.75 Å². The predicted molar refractivity (Wildman–Crippen MR) is 112 cm³/mol. The van der Waals surface area contributed by atoms with Crippen LogP contribution in [0.3, 0.4) is 0 Å². The van der Waals surface area contributed by atoms with Crippen LogP contribution in [-0.4, -0.2) is 30.1 Å². The third-order valence-corrected chi connectivity index (χ3v) is 4.58. The summed E-state index contributed by atoms with van der Waals surface area (Å²) in [6, 6.07) is 13.2. The number of carbonyl (C=O) groups excluding carboxylic acids is 2. The Morgan fingerprint density at radius 1 is 1.21 bits per heavy atom. The molecule has 0 unspecified atom stereocenters. The maximum Gasteiger partial charge on any atom is 0.243 e. The Kier molecular flexibility index (Phi) is 6.61. The first-order valence-corrected chi connectivity index (χ1v) is 9.54. The van der Waals surface area contributed by atoms with Crippen LogP contribution < -0.4 is 25.8 Å². The van der Waals surface area contributed by atoms with E-state index in [1.54, 1.807) is 29.2 Å². The first-order chi connectivity index (χ1) is 14.0. The van der Waals surface area contributed by atoms with Crippen molar-refractivity contribution in [2.45, 2.75) is 13.3 Å². The molecule has 1 aliphatic heterocycles. The first-order valence-electron chi connectivity index (χ1n) is 9.13. The summed E-state index contributed by atoms with van der Waals surface area (Å²) in [5.74, 6) is -0.969. The lowest BCUT2D eigenvalue weighted by Gasteiger charge is -2.20. The minimum absolute atomic E-state index is 0.0336. The molecule has 0 aromatic heterocycles. The second-order valence-corrected chi connectivity index (χ2v) is 6.76. The second kappa shape index (κ2) is 9.33. The van der Waals surface area contributed by atoms with E-state index >= 15 is 0 Å². The van der Waals surface area contributed by atoms with Gasteiger partial charge in [-0.15, -0.1) is 0 Å². The van der Waals surface area contributed by atoms with Gasteiger partial charge in [-0.2, -0.15) is 0 Å². The van der Waals surface area contributed by atoms with Gasteiger partial charge >= 0.3 is 0 Å². The molecule has 1 saturated heterocycles. The highest BCUT2D eigenvalue weighted by molar-refractivity contribution is 7.80. The number of hydrogen-bond donors (Lipinski definition) is 3. The van der Waals surface area contributed by atoms with Crippen LogP contribution in [0.4, 0.5) is 15.8 Å². The molecule has 0 aliphatic carbocycles. The first kappa shape index (κ1) is 20.5. The molecule has 3 rings (SSSR count). The molecule has 2 aromatic carbocycles. The van der Waals surface area contributed by atoms with Gasteiger partial charge in [-0.25, -0.2) is 4.39 Å². The minimum Gasteiger partial charge on any atom is -0.492 e. The molecule has 1 fully saturated rings. The van der Waals surface area contributed by atoms with E-state index in [1.807, 2.05) is 19.1 Å². The van der Waals surface area contributed by atoms with Crippen LogP contribution in [0.5, 0.6) is 5.75 Å². The van der Waals surface area contributed by atoms with Gasteiger partial charge in [0.25, 0.3) is 0 Å². The van der Waals surface area contributed by atoms with Crippen LogP contribution in [-0.2, 0) is 9.59 Å². The zero-order valence-corrected chi connectivity index (χ0v) is 16.6. The van der Waals surface area contributed by atoms with E-state index in [4.69, 9.17) is 17.0 Å². The number of rotatable bonds is 5. The number of nitrogens with zero attached hydrogens (tertiary/aromatic N) is 1. The second-order valence-electron chi connectivity index (χ2n) is 6.35. The topological polar surface area (TPSA) is 82.7 Å². The lowest BCUT2D eigenvalue weighted by atomic mass is 10.1. The summed E-state index contributed by atoms with van der Waals surface area (Å²) in [5, 5.41) is 2.69. The van der Waals surface area contributed by atoms with E-state index in [1.165, 1.54) is 12.1 Å². The lowest BCUT2D eigenvalue weighted by molar-refractivity contribution is -0.126. The average Bonchev–Trinajstić information content (AvgIpc) is 3.10. The number of hydrogen-bond acceptors (Lipinski definition) is 4. The smallest absolute Gasteiger partial charge is 0.243 e. The number of nitrogens with one attached hydrogen (secondary N) is 3. The number of anilines is 2. The SMILES string of the molecule is CCOc1ccccc1N1C[C@H](C(=O)NNC(=S)Nc2ccccc2F)CC1=O. The zero-order chi connectivity index (χ0) is 20.8. The van der Waals surface area contributed by atoms with Gasteiger partial charge in [-0.3, -0.25) is 20.4 Å². The molecule has 0 spiro atoms. The third-order valence-electron chi connectivity index (χ3n) is 4.37. The maximum absolute atomic E-state index is 13.6. The van der Waals surface area contributed by atoms with Crippen molar-refractivity contribution >= 4 is 40.5 Å². The fourth-order valence-electron chi connectivity index (χ4n) is 3.01. The molecular weight excluding hydrogens is 395 g/mol. The van der Waals surface area contributed by atoms with Crippen molar-refractivity contribution in [2.24, 2.45) is 5.92 Å². The molecule has 1 aliphatic rings. The maximum atomic E-state index is 13.6. The van der Waals surface area contributed by atoms with Crippen LogP contribution in [0.25, 0.3) is 0 Å². The van der Waals surface area contributed by atoms with Crippen LogP contribution in [0.1, 0.15) is 13.3 Å². The fraction of sp³-hybridized carbons (Fsp3) is 0.250. The number of thiocarbonyl (C=S) groups is 1. The molecule has 0 saturated carbocycles. The summed E-state index contributed by atoms with van der Waals surface area (Å²) in [6.07, 6.45) is 0.0709. The van der Waals surface area contributed by atoms with Gasteiger partial charge in [0, 0.05) is 13.0 Å². The summed E-state index contributed by atoms with van der Waals surface area (Å²) < 4.78 is 19.2. The van der Waals surface area contributed by atoms with E-state index in [2.05, 4.69) is 16.2 Å². The highest BCUT2D eigenvalue weighted by atomic mass is 32.1. The zero-order valence-electron chi connectivity index (χ0n) is 15.8. The summed E-state index contributed by atoms with van der Waals surface area (Å²) >= 11 is 5.06. The monoisotopic (exact) mass is 416 g/mol. The summed E-state index contributed by atoms with van der Waals surface area (Å²) in [4.78, 5) is 26.5. The lowest BCUT2D eigenvalue weighted by Crippen LogP contribution is -2.46. The molecule has 7 nitrogen and oxygen atoms in total. The number of para-hydroxylation sites is 3. The van der Waals surface area contributed by atoms with Gasteiger partial charge in [0.1, 0.15) is 11.6 Å². The highest BCUT2D eigenvalue weighted by Crippen LogP contribution is 2.33. The minimum atomic E-state index is -0.555. The molecule has 29 heavy (non-hydrogen) atoms. The van der Waals surface area contributed by atoms with E-state index in [9.17, 15) is 14.0 Å². The van der Waals surface area contributed by atoms with Gasteiger partial charge in [0.15, 0.2) is 5.11 Å². The van der Waals surface area contributed by atoms with Gasteiger partial charge in [0.2, 0.25) is 11.8 Å². The summed E-state index contributed by atoms with van der Waals surface area (Å²) in [5.41, 5.74) is 5.83. The highest BCUT2D eigenvalue weighted by Gasteiger charge is 2.36. The van der Waals surface area contributed by atoms with Gasteiger partial charge < -0.3 is 15.0 Å².